The average Bonchev–Trinajstić information content (AvgIpc) is 2.87. The van der Waals surface area contributed by atoms with Gasteiger partial charge in [0.1, 0.15) is 0 Å². The van der Waals surface area contributed by atoms with E-state index in [0.717, 1.165) is 24.8 Å². The lowest BCUT2D eigenvalue weighted by Crippen LogP contribution is -2.24. The molecule has 0 N–H and O–H groups in total. The van der Waals surface area contributed by atoms with Gasteiger partial charge < -0.3 is 0 Å². The van der Waals surface area contributed by atoms with Crippen LogP contribution in [0.5, 0.6) is 0 Å². The number of hydrogen-bond donors (Lipinski definition) is 0. The van der Waals surface area contributed by atoms with Crippen molar-refractivity contribution < 1.29 is 4.79 Å². The summed E-state index contributed by atoms with van der Waals surface area (Å²) in [5, 5.41) is 0. The fraction of sp³-hybridized carbons (Fsp3) is 0.562. The molecular weight excluding hydrogens is 272 g/mol. The molecule has 0 radical (unpaired) electrons. The lowest BCUT2D eigenvalue weighted by Gasteiger charge is -2.35. The predicted molar refractivity (Wildman–Crippen MR) is 83.2 cm³/mol. The summed E-state index contributed by atoms with van der Waals surface area (Å²) in [7, 11) is 0. The van der Waals surface area contributed by atoms with Gasteiger partial charge in [0, 0.05) is 23.5 Å². The molecule has 1 fully saturated rings. The Labute approximate surface area is 122 Å². The standard InChI is InChI=1S/C16H18OS2/c17-15-5-1-3-11-9-12-4-2-6-16(18-7-8-19-16)14(12)10-13(11)15/h9-10H,1-8H2. The molecule has 3 heteroatoms. The van der Waals surface area contributed by atoms with Gasteiger partial charge in [-0.2, -0.15) is 0 Å². The van der Waals surface area contributed by atoms with Gasteiger partial charge in [-0.15, -0.1) is 23.5 Å². The molecule has 1 saturated heterocycles. The highest BCUT2D eigenvalue weighted by atomic mass is 32.2. The van der Waals surface area contributed by atoms with Crippen LogP contribution in [0.2, 0.25) is 0 Å². The van der Waals surface area contributed by atoms with Gasteiger partial charge in [0.05, 0.1) is 4.08 Å². The number of hydrogen-bond acceptors (Lipinski definition) is 3. The maximum absolute atomic E-state index is 12.2. The largest absolute Gasteiger partial charge is 0.294 e. The van der Waals surface area contributed by atoms with Gasteiger partial charge in [-0.3, -0.25) is 4.79 Å². The highest BCUT2D eigenvalue weighted by molar-refractivity contribution is 8.20. The maximum atomic E-state index is 12.2. The Kier molecular flexibility index (Phi) is 2.96. The van der Waals surface area contributed by atoms with Gasteiger partial charge in [-0.05, 0) is 54.9 Å². The van der Waals surface area contributed by atoms with Crippen LogP contribution in [0, 0.1) is 0 Å². The van der Waals surface area contributed by atoms with Crippen molar-refractivity contribution in [2.75, 3.05) is 11.5 Å². The van der Waals surface area contributed by atoms with Crippen LogP contribution in [0.3, 0.4) is 0 Å². The monoisotopic (exact) mass is 290 g/mol. The van der Waals surface area contributed by atoms with Crippen LogP contribution in [0.4, 0.5) is 0 Å². The van der Waals surface area contributed by atoms with Crippen molar-refractivity contribution in [3.8, 4) is 0 Å². The number of aryl methyl sites for hydroxylation is 2. The Morgan fingerprint density at radius 2 is 1.74 bits per heavy atom. The lowest BCUT2D eigenvalue weighted by atomic mass is 9.82. The molecule has 0 atom stereocenters. The molecule has 1 aliphatic heterocycles. The van der Waals surface area contributed by atoms with Crippen molar-refractivity contribution in [1.82, 2.24) is 0 Å². The molecule has 1 nitrogen and oxygen atoms in total. The Morgan fingerprint density at radius 1 is 0.947 bits per heavy atom. The van der Waals surface area contributed by atoms with E-state index in [4.69, 9.17) is 0 Å². The van der Waals surface area contributed by atoms with Crippen LogP contribution in [0.1, 0.15) is 52.7 Å². The number of ketones is 1. The molecule has 1 heterocycles. The normalized spacial score (nSPS) is 24.3. The first-order chi connectivity index (χ1) is 9.28. The molecule has 0 unspecified atom stereocenters. The Morgan fingerprint density at radius 3 is 2.58 bits per heavy atom. The van der Waals surface area contributed by atoms with Crippen molar-refractivity contribution in [3.05, 3.63) is 34.4 Å². The number of Topliss-reactive ketones (excluding diaryl/α,β-unsaturated/α-hetero) is 1. The van der Waals surface area contributed by atoms with E-state index >= 15 is 0 Å². The number of benzene rings is 1. The minimum absolute atomic E-state index is 0.278. The third kappa shape index (κ3) is 1.89. The van der Waals surface area contributed by atoms with Crippen LogP contribution in [0.15, 0.2) is 12.1 Å². The van der Waals surface area contributed by atoms with Crippen LogP contribution < -0.4 is 0 Å². The number of fused-ring (bicyclic) bond motifs is 3. The van der Waals surface area contributed by atoms with Crippen molar-refractivity contribution >= 4 is 29.3 Å². The fourth-order valence-electron chi connectivity index (χ4n) is 3.70. The van der Waals surface area contributed by atoms with Gasteiger partial charge >= 0.3 is 0 Å². The Balaban J connectivity index is 1.88. The number of carbonyl (C=O) groups excluding carboxylic acids is 1. The molecule has 0 amide bonds. The highest BCUT2D eigenvalue weighted by Gasteiger charge is 2.41. The summed E-state index contributed by atoms with van der Waals surface area (Å²) in [5.41, 5.74) is 5.38. The summed E-state index contributed by atoms with van der Waals surface area (Å²) in [5.74, 6) is 2.89. The fourth-order valence-corrected chi connectivity index (χ4v) is 7.13. The molecule has 1 aromatic carbocycles. The van der Waals surface area contributed by atoms with Crippen molar-refractivity contribution in [2.24, 2.45) is 0 Å². The lowest BCUT2D eigenvalue weighted by molar-refractivity contribution is 0.0972. The van der Waals surface area contributed by atoms with Crippen molar-refractivity contribution in [2.45, 2.75) is 42.6 Å². The molecule has 0 saturated carbocycles. The van der Waals surface area contributed by atoms with Crippen LogP contribution in [-0.4, -0.2) is 17.3 Å². The van der Waals surface area contributed by atoms with Gasteiger partial charge in [-0.25, -0.2) is 0 Å². The smallest absolute Gasteiger partial charge is 0.163 e. The first-order valence-corrected chi connectivity index (χ1v) is 9.23. The zero-order valence-corrected chi connectivity index (χ0v) is 12.7. The minimum atomic E-state index is 0.278. The second kappa shape index (κ2) is 4.56. The summed E-state index contributed by atoms with van der Waals surface area (Å²) in [4.78, 5) is 12.2. The highest BCUT2D eigenvalue weighted by Crippen LogP contribution is 2.58. The molecule has 19 heavy (non-hydrogen) atoms. The number of rotatable bonds is 0. The van der Waals surface area contributed by atoms with Crippen LogP contribution in [0.25, 0.3) is 0 Å². The molecule has 1 aromatic rings. The Hall–Kier alpha value is -0.410. The molecule has 1 spiro atoms. The maximum Gasteiger partial charge on any atom is 0.163 e. The van der Waals surface area contributed by atoms with E-state index in [0.29, 0.717) is 5.78 Å². The van der Waals surface area contributed by atoms with E-state index in [1.165, 1.54) is 47.5 Å². The van der Waals surface area contributed by atoms with Crippen LogP contribution >= 0.6 is 23.5 Å². The van der Waals surface area contributed by atoms with Crippen LogP contribution in [-0.2, 0) is 16.9 Å². The third-order valence-corrected chi connectivity index (χ3v) is 8.16. The summed E-state index contributed by atoms with van der Waals surface area (Å²) in [6, 6.07) is 4.64. The summed E-state index contributed by atoms with van der Waals surface area (Å²) >= 11 is 4.22. The van der Waals surface area contributed by atoms with Gasteiger partial charge in [0.25, 0.3) is 0 Å². The third-order valence-electron chi connectivity index (χ3n) is 4.60. The molecule has 100 valence electrons. The quantitative estimate of drug-likeness (QED) is 0.713. The van der Waals surface area contributed by atoms with Gasteiger partial charge in [-0.1, -0.05) is 6.07 Å². The zero-order valence-electron chi connectivity index (χ0n) is 11.0. The van der Waals surface area contributed by atoms with E-state index in [1.807, 2.05) is 0 Å². The summed E-state index contributed by atoms with van der Waals surface area (Å²) in [6.07, 6.45) is 6.68. The summed E-state index contributed by atoms with van der Waals surface area (Å²) < 4.78 is 0.278. The van der Waals surface area contributed by atoms with Gasteiger partial charge in [0.15, 0.2) is 5.78 Å². The first-order valence-electron chi connectivity index (χ1n) is 7.26. The van der Waals surface area contributed by atoms with Gasteiger partial charge in [0.2, 0.25) is 0 Å². The zero-order chi connectivity index (χ0) is 12.9. The van der Waals surface area contributed by atoms with E-state index < -0.39 is 0 Å². The summed E-state index contributed by atoms with van der Waals surface area (Å²) in [6.45, 7) is 0. The number of carbonyl (C=O) groups is 1. The second-order valence-corrected chi connectivity index (χ2v) is 8.79. The second-order valence-electron chi connectivity index (χ2n) is 5.75. The van der Waals surface area contributed by atoms with E-state index in [9.17, 15) is 4.79 Å². The number of thioether (sulfide) groups is 2. The molecule has 2 aliphatic carbocycles. The van der Waals surface area contributed by atoms with Crippen molar-refractivity contribution in [1.29, 1.82) is 0 Å². The Bertz CT molecular complexity index is 544. The van der Waals surface area contributed by atoms with E-state index in [2.05, 4.69) is 35.7 Å². The van der Waals surface area contributed by atoms with E-state index in [-0.39, 0.29) is 4.08 Å². The molecule has 3 aliphatic rings. The van der Waals surface area contributed by atoms with Crippen molar-refractivity contribution in [3.63, 3.8) is 0 Å². The molecule has 0 aromatic heterocycles. The molecular formula is C16H18OS2. The molecule has 0 bridgehead atoms. The molecule has 4 rings (SSSR count). The average molecular weight is 290 g/mol. The van der Waals surface area contributed by atoms with E-state index in [1.54, 1.807) is 0 Å². The minimum Gasteiger partial charge on any atom is -0.294 e. The predicted octanol–water partition coefficient (Wildman–Crippen LogP) is 4.17. The first kappa shape index (κ1) is 12.3. The topological polar surface area (TPSA) is 17.1 Å². The SMILES string of the molecule is O=C1CCCc2cc3c(cc21)C1(CCC3)SCCS1.